The molecule has 0 aliphatic heterocycles. The molecule has 0 unspecified atom stereocenters. The van der Waals surface area contributed by atoms with E-state index in [4.69, 9.17) is 0 Å². The summed E-state index contributed by atoms with van der Waals surface area (Å²) in [7, 11) is 0. The fraction of sp³-hybridized carbons (Fsp3) is 0.0476. The third-order valence-corrected chi connectivity index (χ3v) is 5.33. The van der Waals surface area contributed by atoms with Crippen LogP contribution in [-0.4, -0.2) is 30.1 Å². The van der Waals surface area contributed by atoms with Gasteiger partial charge in [-0.25, -0.2) is 19.0 Å². The zero-order valence-electron chi connectivity index (χ0n) is 15.6. The number of rotatable bonds is 5. The van der Waals surface area contributed by atoms with Crippen LogP contribution in [-0.2, 0) is 6.54 Å². The summed E-state index contributed by atoms with van der Waals surface area (Å²) < 4.78 is 16.8. The number of amides is 1. The van der Waals surface area contributed by atoms with Crippen LogP contribution in [0.4, 0.5) is 4.39 Å². The van der Waals surface area contributed by atoms with Crippen molar-refractivity contribution in [2.75, 3.05) is 0 Å². The normalized spacial score (nSPS) is 11.1. The van der Waals surface area contributed by atoms with Gasteiger partial charge in [-0.1, -0.05) is 12.1 Å². The van der Waals surface area contributed by atoms with Crippen LogP contribution in [0.15, 0.2) is 72.4 Å². The standard InChI is InChI=1S/C21H15FN6OS/c22-14-6-8-16(9-7-14)28-20(17-4-3-11-30-17)25-19(26-28)21(29)23-12-15-13-27-10-2-1-5-18(27)24-15/h1-11,13H,12H2,(H,23,29). The highest BCUT2D eigenvalue weighted by molar-refractivity contribution is 7.13. The predicted molar refractivity (Wildman–Crippen MR) is 111 cm³/mol. The SMILES string of the molecule is O=C(NCc1cn2ccccc2n1)c1nc(-c2cccs2)n(-c2ccc(F)cc2)n1. The molecular formula is C21H15FN6OS. The Morgan fingerprint density at radius 1 is 1.07 bits per heavy atom. The minimum absolute atomic E-state index is 0.0338. The van der Waals surface area contributed by atoms with Gasteiger partial charge in [-0.3, -0.25) is 4.79 Å². The Morgan fingerprint density at radius 3 is 2.70 bits per heavy atom. The third kappa shape index (κ3) is 3.46. The maximum atomic E-state index is 13.3. The number of hydrogen-bond acceptors (Lipinski definition) is 5. The highest BCUT2D eigenvalue weighted by atomic mass is 32.1. The molecule has 0 radical (unpaired) electrons. The molecular weight excluding hydrogens is 403 g/mol. The highest BCUT2D eigenvalue weighted by Crippen LogP contribution is 2.25. The zero-order chi connectivity index (χ0) is 20.5. The predicted octanol–water partition coefficient (Wildman–Crippen LogP) is 3.71. The summed E-state index contributed by atoms with van der Waals surface area (Å²) in [6, 6.07) is 15.4. The van der Waals surface area contributed by atoms with Gasteiger partial charge in [0.2, 0.25) is 5.82 Å². The summed E-state index contributed by atoms with van der Waals surface area (Å²) in [6.07, 6.45) is 3.75. The molecule has 0 atom stereocenters. The summed E-state index contributed by atoms with van der Waals surface area (Å²) in [5.74, 6) is -0.200. The van der Waals surface area contributed by atoms with Crippen molar-refractivity contribution < 1.29 is 9.18 Å². The van der Waals surface area contributed by atoms with Crippen molar-refractivity contribution in [3.8, 4) is 16.4 Å². The Kier molecular flexibility index (Phi) is 4.56. The minimum Gasteiger partial charge on any atom is -0.344 e. The molecule has 0 aliphatic rings. The van der Waals surface area contributed by atoms with Crippen molar-refractivity contribution in [3.05, 3.63) is 89.7 Å². The smallest absolute Gasteiger partial charge is 0.291 e. The van der Waals surface area contributed by atoms with Crippen LogP contribution in [0.3, 0.4) is 0 Å². The molecule has 0 saturated carbocycles. The first kappa shape index (κ1) is 18.2. The molecule has 0 fully saturated rings. The summed E-state index contributed by atoms with van der Waals surface area (Å²) in [4.78, 5) is 22.5. The molecule has 1 N–H and O–H groups in total. The molecule has 1 amide bonds. The Labute approximate surface area is 174 Å². The van der Waals surface area contributed by atoms with Crippen LogP contribution >= 0.6 is 11.3 Å². The largest absolute Gasteiger partial charge is 0.344 e. The quantitative estimate of drug-likeness (QED) is 0.472. The second kappa shape index (κ2) is 7.53. The van der Waals surface area contributed by atoms with E-state index in [1.54, 1.807) is 16.8 Å². The second-order valence-electron chi connectivity index (χ2n) is 6.51. The van der Waals surface area contributed by atoms with Gasteiger partial charge in [0.05, 0.1) is 22.8 Å². The number of imidazole rings is 1. The number of thiophene rings is 1. The summed E-state index contributed by atoms with van der Waals surface area (Å²) >= 11 is 1.48. The maximum absolute atomic E-state index is 13.3. The van der Waals surface area contributed by atoms with Gasteiger partial charge in [0.15, 0.2) is 5.82 Å². The van der Waals surface area contributed by atoms with Crippen LogP contribution in [0.1, 0.15) is 16.3 Å². The molecule has 5 aromatic rings. The number of carbonyl (C=O) groups excluding carboxylic acids is 1. The topological polar surface area (TPSA) is 77.1 Å². The van der Waals surface area contributed by atoms with Crippen LogP contribution < -0.4 is 5.32 Å². The molecule has 148 valence electrons. The second-order valence-corrected chi connectivity index (χ2v) is 7.45. The first-order chi connectivity index (χ1) is 14.7. The lowest BCUT2D eigenvalue weighted by Crippen LogP contribution is -2.24. The Balaban J connectivity index is 1.42. The Hall–Kier alpha value is -3.85. The molecule has 0 bridgehead atoms. The Bertz CT molecular complexity index is 1290. The molecule has 0 saturated heterocycles. The van der Waals surface area contributed by atoms with E-state index in [9.17, 15) is 9.18 Å². The fourth-order valence-corrected chi connectivity index (χ4v) is 3.76. The third-order valence-electron chi connectivity index (χ3n) is 4.47. The van der Waals surface area contributed by atoms with Gasteiger partial charge in [0.25, 0.3) is 5.91 Å². The minimum atomic E-state index is -0.411. The van der Waals surface area contributed by atoms with E-state index in [1.165, 1.54) is 23.5 Å². The molecule has 1 aromatic carbocycles. The molecule has 4 heterocycles. The van der Waals surface area contributed by atoms with Crippen LogP contribution in [0.5, 0.6) is 0 Å². The zero-order valence-corrected chi connectivity index (χ0v) is 16.4. The van der Waals surface area contributed by atoms with Crippen molar-refractivity contribution in [1.29, 1.82) is 0 Å². The van der Waals surface area contributed by atoms with E-state index < -0.39 is 5.91 Å². The van der Waals surface area contributed by atoms with E-state index in [0.717, 1.165) is 16.2 Å². The number of carbonyl (C=O) groups is 1. The number of nitrogens with one attached hydrogen (secondary N) is 1. The molecule has 30 heavy (non-hydrogen) atoms. The van der Waals surface area contributed by atoms with Gasteiger partial charge in [0, 0.05) is 12.4 Å². The van der Waals surface area contributed by atoms with Gasteiger partial charge in [-0.15, -0.1) is 16.4 Å². The van der Waals surface area contributed by atoms with Crippen LogP contribution in [0.25, 0.3) is 22.0 Å². The summed E-state index contributed by atoms with van der Waals surface area (Å²) in [6.45, 7) is 0.250. The first-order valence-corrected chi connectivity index (χ1v) is 10.0. The van der Waals surface area contributed by atoms with Crippen molar-refractivity contribution in [3.63, 3.8) is 0 Å². The molecule has 9 heteroatoms. The lowest BCUT2D eigenvalue weighted by atomic mass is 10.3. The summed E-state index contributed by atoms with van der Waals surface area (Å²) in [5, 5.41) is 9.10. The number of fused-ring (bicyclic) bond motifs is 1. The van der Waals surface area contributed by atoms with Crippen molar-refractivity contribution in [2.45, 2.75) is 6.54 Å². The average Bonchev–Trinajstić information content (AvgIpc) is 3.51. The number of pyridine rings is 1. The lowest BCUT2D eigenvalue weighted by Gasteiger charge is -2.04. The van der Waals surface area contributed by atoms with E-state index >= 15 is 0 Å². The highest BCUT2D eigenvalue weighted by Gasteiger charge is 2.19. The number of benzene rings is 1. The van der Waals surface area contributed by atoms with Crippen molar-refractivity contribution >= 4 is 22.9 Å². The number of nitrogens with zero attached hydrogens (tertiary/aromatic N) is 5. The van der Waals surface area contributed by atoms with Crippen molar-refractivity contribution in [1.82, 2.24) is 29.5 Å². The van der Waals surface area contributed by atoms with Crippen molar-refractivity contribution in [2.24, 2.45) is 0 Å². The van der Waals surface area contributed by atoms with Gasteiger partial charge in [0.1, 0.15) is 11.5 Å². The van der Waals surface area contributed by atoms with Gasteiger partial charge < -0.3 is 9.72 Å². The first-order valence-electron chi connectivity index (χ1n) is 9.15. The number of halogens is 1. The molecule has 0 aliphatic carbocycles. The fourth-order valence-electron chi connectivity index (χ4n) is 3.06. The summed E-state index contributed by atoms with van der Waals surface area (Å²) in [5.41, 5.74) is 2.15. The molecule has 7 nitrogen and oxygen atoms in total. The number of hydrogen-bond donors (Lipinski definition) is 1. The van der Waals surface area contributed by atoms with Crippen LogP contribution in [0.2, 0.25) is 0 Å². The monoisotopic (exact) mass is 418 g/mol. The van der Waals surface area contributed by atoms with Gasteiger partial charge in [-0.2, -0.15) is 0 Å². The number of aromatic nitrogens is 5. The van der Waals surface area contributed by atoms with E-state index in [1.807, 2.05) is 52.5 Å². The molecule has 5 rings (SSSR count). The molecule has 0 spiro atoms. The Morgan fingerprint density at radius 2 is 1.93 bits per heavy atom. The van der Waals surface area contributed by atoms with E-state index in [0.29, 0.717) is 11.5 Å². The maximum Gasteiger partial charge on any atom is 0.291 e. The van der Waals surface area contributed by atoms with E-state index in [2.05, 4.69) is 20.4 Å². The average molecular weight is 418 g/mol. The lowest BCUT2D eigenvalue weighted by molar-refractivity contribution is 0.0940. The van der Waals surface area contributed by atoms with Gasteiger partial charge in [-0.05, 0) is 47.8 Å². The molecule has 4 aromatic heterocycles. The van der Waals surface area contributed by atoms with Gasteiger partial charge >= 0.3 is 0 Å². The van der Waals surface area contributed by atoms with E-state index in [-0.39, 0.29) is 18.2 Å². The van der Waals surface area contributed by atoms with Crippen LogP contribution in [0, 0.1) is 5.82 Å².